The molecule has 0 aromatic carbocycles. The number of nitrogens with zero attached hydrogens (tertiary/aromatic N) is 6. The Hall–Kier alpha value is -2.96. The van der Waals surface area contributed by atoms with Crippen LogP contribution in [0.3, 0.4) is 0 Å². The first-order valence-electron chi connectivity index (χ1n) is 5.47. The van der Waals surface area contributed by atoms with Crippen molar-refractivity contribution in [3.8, 4) is 17.3 Å². The van der Waals surface area contributed by atoms with Crippen LogP contribution < -0.4 is 0 Å². The largest absolute Gasteiger partial charge is 0.298 e. The Balaban J connectivity index is 2.12. The van der Waals surface area contributed by atoms with Gasteiger partial charge in [-0.05, 0) is 6.07 Å². The first kappa shape index (κ1) is 11.1. The molecule has 0 aliphatic rings. The standard InChI is InChI=1S/C12H8N6O/c19-8-9-7-18(12-15-2-1-3-16-12)17-11(9)10-6-13-4-5-14-10/h1-8H. The molecule has 19 heavy (non-hydrogen) atoms. The molecule has 92 valence electrons. The molecular weight excluding hydrogens is 244 g/mol. The van der Waals surface area contributed by atoms with Gasteiger partial charge in [0, 0.05) is 31.0 Å². The molecule has 3 aromatic rings. The molecule has 0 fully saturated rings. The third kappa shape index (κ3) is 2.08. The average molecular weight is 252 g/mol. The molecular formula is C12H8N6O. The summed E-state index contributed by atoms with van der Waals surface area (Å²) >= 11 is 0. The predicted octanol–water partition coefficient (Wildman–Crippen LogP) is 0.932. The van der Waals surface area contributed by atoms with E-state index >= 15 is 0 Å². The van der Waals surface area contributed by atoms with E-state index in [1.54, 1.807) is 43.2 Å². The first-order valence-corrected chi connectivity index (χ1v) is 5.47. The van der Waals surface area contributed by atoms with Gasteiger partial charge in [-0.3, -0.25) is 14.8 Å². The number of aldehydes is 1. The maximum absolute atomic E-state index is 11.1. The van der Waals surface area contributed by atoms with E-state index < -0.39 is 0 Å². The Bertz CT molecular complexity index is 695. The van der Waals surface area contributed by atoms with Gasteiger partial charge in [0.1, 0.15) is 11.4 Å². The number of hydrogen-bond donors (Lipinski definition) is 0. The van der Waals surface area contributed by atoms with E-state index in [1.807, 2.05) is 0 Å². The third-order valence-corrected chi connectivity index (χ3v) is 2.43. The highest BCUT2D eigenvalue weighted by Crippen LogP contribution is 2.18. The molecule has 0 spiro atoms. The Morgan fingerprint density at radius 1 is 1.05 bits per heavy atom. The van der Waals surface area contributed by atoms with E-state index in [9.17, 15) is 4.79 Å². The lowest BCUT2D eigenvalue weighted by Crippen LogP contribution is -2.00. The number of aromatic nitrogens is 6. The van der Waals surface area contributed by atoms with Gasteiger partial charge < -0.3 is 0 Å². The molecule has 7 heteroatoms. The summed E-state index contributed by atoms with van der Waals surface area (Å²) in [7, 11) is 0. The number of carbonyl (C=O) groups is 1. The highest BCUT2D eigenvalue weighted by Gasteiger charge is 2.13. The van der Waals surface area contributed by atoms with Crippen LogP contribution in [0.25, 0.3) is 17.3 Å². The lowest BCUT2D eigenvalue weighted by atomic mass is 10.2. The minimum absolute atomic E-state index is 0.390. The SMILES string of the molecule is O=Cc1cn(-c2ncccn2)nc1-c1cnccn1. The van der Waals surface area contributed by atoms with Crippen molar-refractivity contribution < 1.29 is 4.79 Å². The molecule has 3 aromatic heterocycles. The van der Waals surface area contributed by atoms with Crippen molar-refractivity contribution in [2.45, 2.75) is 0 Å². The summed E-state index contributed by atoms with van der Waals surface area (Å²) in [6, 6.07) is 1.71. The van der Waals surface area contributed by atoms with E-state index in [1.165, 1.54) is 4.68 Å². The van der Waals surface area contributed by atoms with Gasteiger partial charge >= 0.3 is 0 Å². The fourth-order valence-corrected chi connectivity index (χ4v) is 1.61. The molecule has 3 rings (SSSR count). The van der Waals surface area contributed by atoms with Gasteiger partial charge in [0.2, 0.25) is 5.95 Å². The fraction of sp³-hybridized carbons (Fsp3) is 0. The van der Waals surface area contributed by atoms with Crippen LogP contribution in [0.15, 0.2) is 43.2 Å². The van der Waals surface area contributed by atoms with Crippen LogP contribution >= 0.6 is 0 Å². The van der Waals surface area contributed by atoms with Gasteiger partial charge in [-0.2, -0.15) is 5.10 Å². The van der Waals surface area contributed by atoms with E-state index in [4.69, 9.17) is 0 Å². The van der Waals surface area contributed by atoms with Gasteiger partial charge in [-0.15, -0.1) is 0 Å². The van der Waals surface area contributed by atoms with Crippen molar-refractivity contribution >= 4 is 6.29 Å². The smallest absolute Gasteiger partial charge is 0.250 e. The zero-order valence-electron chi connectivity index (χ0n) is 9.71. The topological polar surface area (TPSA) is 86.5 Å². The molecule has 0 saturated carbocycles. The van der Waals surface area contributed by atoms with Gasteiger partial charge in [0.25, 0.3) is 0 Å². The van der Waals surface area contributed by atoms with Crippen molar-refractivity contribution in [3.63, 3.8) is 0 Å². The summed E-state index contributed by atoms with van der Waals surface area (Å²) in [5, 5.41) is 4.28. The molecule has 0 bridgehead atoms. The lowest BCUT2D eigenvalue weighted by molar-refractivity contribution is 0.112. The second kappa shape index (κ2) is 4.73. The third-order valence-electron chi connectivity index (χ3n) is 2.43. The predicted molar refractivity (Wildman–Crippen MR) is 65.6 cm³/mol. The van der Waals surface area contributed by atoms with Crippen LogP contribution in [0.4, 0.5) is 0 Å². The summed E-state index contributed by atoms with van der Waals surface area (Å²) < 4.78 is 1.44. The van der Waals surface area contributed by atoms with E-state index in [-0.39, 0.29) is 0 Å². The summed E-state index contributed by atoms with van der Waals surface area (Å²) in [6.07, 6.45) is 10.1. The molecule has 0 atom stereocenters. The molecule has 0 aliphatic heterocycles. The quantitative estimate of drug-likeness (QED) is 0.644. The molecule has 0 unspecified atom stereocenters. The lowest BCUT2D eigenvalue weighted by Gasteiger charge is -1.97. The van der Waals surface area contributed by atoms with Crippen molar-refractivity contribution in [2.75, 3.05) is 0 Å². The van der Waals surface area contributed by atoms with Crippen molar-refractivity contribution in [3.05, 3.63) is 48.8 Å². The maximum Gasteiger partial charge on any atom is 0.250 e. The summed E-state index contributed by atoms with van der Waals surface area (Å²) in [6.45, 7) is 0. The Labute approximate surface area is 108 Å². The van der Waals surface area contributed by atoms with Gasteiger partial charge in [-0.1, -0.05) is 0 Å². The van der Waals surface area contributed by atoms with Crippen molar-refractivity contribution in [2.24, 2.45) is 0 Å². The van der Waals surface area contributed by atoms with E-state index in [2.05, 4.69) is 25.0 Å². The summed E-state index contributed by atoms with van der Waals surface area (Å²) in [4.78, 5) is 27.3. The van der Waals surface area contributed by atoms with Gasteiger partial charge in [0.05, 0.1) is 11.8 Å². The number of carbonyl (C=O) groups excluding carboxylic acids is 1. The number of rotatable bonds is 3. The van der Waals surface area contributed by atoms with Crippen LogP contribution in [0.2, 0.25) is 0 Å². The maximum atomic E-state index is 11.1. The van der Waals surface area contributed by atoms with E-state index in [0.717, 1.165) is 6.29 Å². The van der Waals surface area contributed by atoms with Crippen LogP contribution in [-0.4, -0.2) is 36.0 Å². The zero-order valence-corrected chi connectivity index (χ0v) is 9.71. The minimum atomic E-state index is 0.390. The monoisotopic (exact) mass is 252 g/mol. The number of hydrogen-bond acceptors (Lipinski definition) is 6. The fourth-order valence-electron chi connectivity index (χ4n) is 1.61. The van der Waals surface area contributed by atoms with Crippen molar-refractivity contribution in [1.82, 2.24) is 29.7 Å². The zero-order chi connectivity index (χ0) is 13.1. The molecule has 0 radical (unpaired) electrons. The highest BCUT2D eigenvalue weighted by molar-refractivity contribution is 5.84. The Morgan fingerprint density at radius 2 is 1.89 bits per heavy atom. The normalized spacial score (nSPS) is 10.3. The van der Waals surface area contributed by atoms with Crippen LogP contribution in [0.1, 0.15) is 10.4 Å². The van der Waals surface area contributed by atoms with Crippen molar-refractivity contribution in [1.29, 1.82) is 0 Å². The molecule has 0 amide bonds. The summed E-state index contributed by atoms with van der Waals surface area (Å²) in [5.74, 6) is 0.390. The molecule has 3 heterocycles. The minimum Gasteiger partial charge on any atom is -0.298 e. The Morgan fingerprint density at radius 3 is 2.58 bits per heavy atom. The second-order valence-electron chi connectivity index (χ2n) is 3.63. The molecule has 7 nitrogen and oxygen atoms in total. The first-order chi connectivity index (χ1) is 9.38. The molecule has 0 N–H and O–H groups in total. The Kier molecular flexibility index (Phi) is 2.77. The van der Waals surface area contributed by atoms with Gasteiger partial charge in [-0.25, -0.2) is 14.6 Å². The summed E-state index contributed by atoms with van der Waals surface area (Å²) in [5.41, 5.74) is 1.39. The van der Waals surface area contributed by atoms with Crippen LogP contribution in [0, 0.1) is 0 Å². The molecule has 0 aliphatic carbocycles. The highest BCUT2D eigenvalue weighted by atomic mass is 16.1. The van der Waals surface area contributed by atoms with Gasteiger partial charge in [0.15, 0.2) is 6.29 Å². The van der Waals surface area contributed by atoms with E-state index in [0.29, 0.717) is 22.9 Å². The molecule has 0 saturated heterocycles. The average Bonchev–Trinajstić information content (AvgIpc) is 2.93. The second-order valence-corrected chi connectivity index (χ2v) is 3.63. The van der Waals surface area contributed by atoms with Crippen LogP contribution in [-0.2, 0) is 0 Å². The van der Waals surface area contributed by atoms with Crippen LogP contribution in [0.5, 0.6) is 0 Å².